The highest BCUT2D eigenvalue weighted by Crippen LogP contribution is 2.41. The minimum absolute atomic E-state index is 0.0155. The molecule has 1 fully saturated rings. The molecule has 2 N–H and O–H groups in total. The number of amides is 1. The Labute approximate surface area is 129 Å². The third-order valence-electron chi connectivity index (χ3n) is 3.95. The van der Waals surface area contributed by atoms with Gasteiger partial charge in [0.2, 0.25) is 0 Å². The van der Waals surface area contributed by atoms with E-state index in [1.807, 2.05) is 36.4 Å². The molecule has 5 heteroatoms. The molecule has 0 saturated heterocycles. The summed E-state index contributed by atoms with van der Waals surface area (Å²) >= 11 is 0. The predicted octanol–water partition coefficient (Wildman–Crippen LogP) is 1.70. The van der Waals surface area contributed by atoms with Gasteiger partial charge < -0.3 is 10.6 Å². The molecule has 0 radical (unpaired) electrons. The molecule has 1 amide bonds. The molecular formula is C17H18N4O. The molecule has 0 aromatic heterocycles. The van der Waals surface area contributed by atoms with Crippen LogP contribution in [-0.2, 0) is 4.79 Å². The van der Waals surface area contributed by atoms with Crippen LogP contribution in [0, 0.1) is 17.2 Å². The van der Waals surface area contributed by atoms with Crippen molar-refractivity contribution in [3.8, 4) is 6.07 Å². The number of hydrogen-bond acceptors (Lipinski definition) is 4. The van der Waals surface area contributed by atoms with E-state index in [0.717, 1.165) is 18.4 Å². The van der Waals surface area contributed by atoms with Gasteiger partial charge in [-0.2, -0.15) is 5.26 Å². The summed E-state index contributed by atoms with van der Waals surface area (Å²) in [5.74, 6) is 0.163. The van der Waals surface area contributed by atoms with Gasteiger partial charge in [-0.3, -0.25) is 9.79 Å². The number of carbonyl (C=O) groups is 1. The molecule has 1 heterocycles. The molecule has 2 atom stereocenters. The maximum absolute atomic E-state index is 12.4. The van der Waals surface area contributed by atoms with Gasteiger partial charge in [0.25, 0.3) is 5.91 Å². The fourth-order valence-corrected chi connectivity index (χ4v) is 2.62. The average molecular weight is 294 g/mol. The van der Waals surface area contributed by atoms with Gasteiger partial charge in [0, 0.05) is 0 Å². The van der Waals surface area contributed by atoms with Gasteiger partial charge in [0.15, 0.2) is 0 Å². The van der Waals surface area contributed by atoms with Crippen molar-refractivity contribution < 1.29 is 4.79 Å². The molecule has 1 aromatic carbocycles. The highest BCUT2D eigenvalue weighted by Gasteiger charge is 2.33. The molecule has 5 nitrogen and oxygen atoms in total. The second-order valence-corrected chi connectivity index (χ2v) is 5.66. The molecule has 112 valence electrons. The van der Waals surface area contributed by atoms with E-state index < -0.39 is 0 Å². The Balaban J connectivity index is 1.72. The summed E-state index contributed by atoms with van der Waals surface area (Å²) in [5.41, 5.74) is 1.24. The standard InChI is InChI=1S/C17H18N4O/c18-9-14(8-15-10-19-11-20-15)17(22)21-16(13-6-7-13)12-4-2-1-3-5-12/h1-5,8,11,13,15-16H,6-7,10H2,(H,19,20)(H,21,22)/b14-8+. The fourth-order valence-electron chi connectivity index (χ4n) is 2.62. The smallest absolute Gasteiger partial charge is 0.262 e. The topological polar surface area (TPSA) is 77.3 Å². The molecule has 22 heavy (non-hydrogen) atoms. The van der Waals surface area contributed by atoms with Crippen LogP contribution in [-0.4, -0.2) is 24.8 Å². The number of aliphatic imine (C=N–C) groups is 1. The predicted molar refractivity (Wildman–Crippen MR) is 84.0 cm³/mol. The molecule has 0 bridgehead atoms. The summed E-state index contributed by atoms with van der Waals surface area (Å²) in [6.07, 6.45) is 5.48. The number of rotatable bonds is 5. The van der Waals surface area contributed by atoms with Crippen molar-refractivity contribution >= 4 is 12.2 Å². The number of nitrogens with one attached hydrogen (secondary N) is 2. The third kappa shape index (κ3) is 3.34. The number of hydrogen-bond donors (Lipinski definition) is 2. The van der Waals surface area contributed by atoms with Gasteiger partial charge in [-0.1, -0.05) is 30.3 Å². The van der Waals surface area contributed by atoms with Crippen molar-refractivity contribution in [1.29, 1.82) is 5.26 Å². The van der Waals surface area contributed by atoms with E-state index in [1.54, 1.807) is 12.4 Å². The van der Waals surface area contributed by atoms with Crippen molar-refractivity contribution in [2.45, 2.75) is 24.9 Å². The second kappa shape index (κ2) is 6.44. The summed E-state index contributed by atoms with van der Waals surface area (Å²) in [7, 11) is 0. The molecule has 1 aliphatic heterocycles. The molecule has 1 aliphatic carbocycles. The number of nitrogens with zero attached hydrogens (tertiary/aromatic N) is 2. The van der Waals surface area contributed by atoms with Gasteiger partial charge in [-0.05, 0) is 30.4 Å². The molecule has 2 aliphatic rings. The Morgan fingerprint density at radius 2 is 2.18 bits per heavy atom. The third-order valence-corrected chi connectivity index (χ3v) is 3.95. The van der Waals surface area contributed by atoms with E-state index in [1.165, 1.54) is 0 Å². The Morgan fingerprint density at radius 3 is 2.77 bits per heavy atom. The lowest BCUT2D eigenvalue weighted by Gasteiger charge is -2.18. The van der Waals surface area contributed by atoms with Crippen LogP contribution >= 0.6 is 0 Å². The first-order valence-electron chi connectivity index (χ1n) is 7.50. The minimum atomic E-state index is -0.308. The summed E-state index contributed by atoms with van der Waals surface area (Å²) in [4.78, 5) is 16.4. The van der Waals surface area contributed by atoms with E-state index in [-0.39, 0.29) is 23.6 Å². The van der Waals surface area contributed by atoms with Crippen molar-refractivity contribution in [3.63, 3.8) is 0 Å². The van der Waals surface area contributed by atoms with Crippen LogP contribution in [0.3, 0.4) is 0 Å². The zero-order chi connectivity index (χ0) is 15.4. The summed E-state index contributed by atoms with van der Waals surface area (Å²) < 4.78 is 0. The van der Waals surface area contributed by atoms with Crippen LogP contribution in [0.1, 0.15) is 24.4 Å². The number of benzene rings is 1. The first-order chi connectivity index (χ1) is 10.8. The highest BCUT2D eigenvalue weighted by atomic mass is 16.1. The Bertz CT molecular complexity index is 632. The normalized spacial score (nSPS) is 21.8. The lowest BCUT2D eigenvalue weighted by Crippen LogP contribution is -2.32. The van der Waals surface area contributed by atoms with Crippen LogP contribution in [0.15, 0.2) is 47.0 Å². The van der Waals surface area contributed by atoms with Gasteiger partial charge >= 0.3 is 0 Å². The lowest BCUT2D eigenvalue weighted by molar-refractivity contribution is -0.118. The van der Waals surface area contributed by atoms with Crippen molar-refractivity contribution in [2.24, 2.45) is 10.9 Å². The van der Waals surface area contributed by atoms with Crippen LogP contribution < -0.4 is 10.6 Å². The molecule has 3 rings (SSSR count). The van der Waals surface area contributed by atoms with Gasteiger partial charge in [-0.15, -0.1) is 0 Å². The Hall–Kier alpha value is -2.61. The van der Waals surface area contributed by atoms with Crippen LogP contribution in [0.2, 0.25) is 0 Å². The Morgan fingerprint density at radius 1 is 1.41 bits per heavy atom. The second-order valence-electron chi connectivity index (χ2n) is 5.66. The Kier molecular flexibility index (Phi) is 4.19. The highest BCUT2D eigenvalue weighted by molar-refractivity contribution is 5.97. The molecule has 1 aromatic rings. The fraction of sp³-hybridized carbons (Fsp3) is 0.353. The number of carbonyl (C=O) groups excluding carboxylic acids is 1. The zero-order valence-corrected chi connectivity index (χ0v) is 12.2. The van der Waals surface area contributed by atoms with Crippen LogP contribution in [0.4, 0.5) is 0 Å². The summed E-state index contributed by atoms with van der Waals surface area (Å²) in [5, 5.41) is 15.3. The van der Waals surface area contributed by atoms with E-state index in [2.05, 4.69) is 15.6 Å². The minimum Gasteiger partial charge on any atom is -0.368 e. The maximum Gasteiger partial charge on any atom is 0.262 e. The van der Waals surface area contributed by atoms with E-state index in [9.17, 15) is 10.1 Å². The molecule has 0 spiro atoms. The monoisotopic (exact) mass is 294 g/mol. The molecule has 1 saturated carbocycles. The molecular weight excluding hydrogens is 276 g/mol. The lowest BCUT2D eigenvalue weighted by atomic mass is 10.0. The van der Waals surface area contributed by atoms with Crippen LogP contribution in [0.25, 0.3) is 0 Å². The van der Waals surface area contributed by atoms with E-state index in [0.29, 0.717) is 12.5 Å². The van der Waals surface area contributed by atoms with Crippen LogP contribution in [0.5, 0.6) is 0 Å². The zero-order valence-electron chi connectivity index (χ0n) is 12.2. The van der Waals surface area contributed by atoms with Crippen molar-refractivity contribution in [1.82, 2.24) is 10.6 Å². The van der Waals surface area contributed by atoms with Gasteiger partial charge in [0.05, 0.1) is 25.0 Å². The first-order valence-corrected chi connectivity index (χ1v) is 7.50. The molecule has 2 unspecified atom stereocenters. The van der Waals surface area contributed by atoms with Crippen molar-refractivity contribution in [2.75, 3.05) is 6.54 Å². The van der Waals surface area contributed by atoms with Gasteiger partial charge in [-0.25, -0.2) is 0 Å². The SMILES string of the molecule is N#C/C(=C\C1CN=CN1)C(=O)NC(c1ccccc1)C1CC1. The van der Waals surface area contributed by atoms with Crippen molar-refractivity contribution in [3.05, 3.63) is 47.5 Å². The number of nitriles is 1. The largest absolute Gasteiger partial charge is 0.368 e. The summed E-state index contributed by atoms with van der Waals surface area (Å²) in [6, 6.07) is 11.8. The van der Waals surface area contributed by atoms with Gasteiger partial charge in [0.1, 0.15) is 11.6 Å². The maximum atomic E-state index is 12.4. The quantitative estimate of drug-likeness (QED) is 0.641. The average Bonchev–Trinajstić information content (AvgIpc) is 3.27. The van der Waals surface area contributed by atoms with E-state index >= 15 is 0 Å². The summed E-state index contributed by atoms with van der Waals surface area (Å²) in [6.45, 7) is 0.559. The van der Waals surface area contributed by atoms with E-state index in [4.69, 9.17) is 0 Å². The first kappa shape index (κ1) is 14.3.